The average Bonchev–Trinajstić information content (AvgIpc) is 2.92. The SMILES string of the molecule is Cc1ccc2c(c1)nc(C1CCCN1)n2C1CC1. The van der Waals surface area contributed by atoms with Crippen molar-refractivity contribution >= 4 is 11.0 Å². The van der Waals surface area contributed by atoms with Gasteiger partial charge in [-0.05, 0) is 56.8 Å². The van der Waals surface area contributed by atoms with Crippen LogP contribution in [0.3, 0.4) is 0 Å². The summed E-state index contributed by atoms with van der Waals surface area (Å²) in [6.07, 6.45) is 5.14. The minimum atomic E-state index is 0.471. The van der Waals surface area contributed by atoms with Gasteiger partial charge in [0.1, 0.15) is 5.82 Å². The summed E-state index contributed by atoms with van der Waals surface area (Å²) in [4.78, 5) is 4.92. The summed E-state index contributed by atoms with van der Waals surface area (Å²) in [7, 11) is 0. The number of rotatable bonds is 2. The molecule has 3 nitrogen and oxygen atoms in total. The first kappa shape index (κ1) is 10.6. The van der Waals surface area contributed by atoms with Crippen LogP contribution < -0.4 is 5.32 Å². The van der Waals surface area contributed by atoms with Crippen molar-refractivity contribution in [1.29, 1.82) is 0 Å². The van der Waals surface area contributed by atoms with E-state index >= 15 is 0 Å². The highest BCUT2D eigenvalue weighted by molar-refractivity contribution is 5.77. The lowest BCUT2D eigenvalue weighted by Gasteiger charge is -2.13. The summed E-state index contributed by atoms with van der Waals surface area (Å²) < 4.78 is 2.50. The maximum Gasteiger partial charge on any atom is 0.127 e. The van der Waals surface area contributed by atoms with Crippen LogP contribution in [0.5, 0.6) is 0 Å². The van der Waals surface area contributed by atoms with E-state index in [-0.39, 0.29) is 0 Å². The largest absolute Gasteiger partial charge is 0.324 e. The minimum Gasteiger partial charge on any atom is -0.324 e. The van der Waals surface area contributed by atoms with Crippen LogP contribution in [-0.4, -0.2) is 16.1 Å². The summed E-state index contributed by atoms with van der Waals surface area (Å²) in [6, 6.07) is 7.84. The summed E-state index contributed by atoms with van der Waals surface area (Å²) in [5, 5.41) is 3.59. The molecule has 1 saturated carbocycles. The van der Waals surface area contributed by atoms with E-state index in [9.17, 15) is 0 Å². The highest BCUT2D eigenvalue weighted by Gasteiger charge is 2.31. The van der Waals surface area contributed by atoms with Crippen LogP contribution >= 0.6 is 0 Å². The van der Waals surface area contributed by atoms with Gasteiger partial charge in [-0.25, -0.2) is 4.98 Å². The zero-order valence-electron chi connectivity index (χ0n) is 10.8. The summed E-state index contributed by atoms with van der Waals surface area (Å²) in [6.45, 7) is 3.28. The van der Waals surface area contributed by atoms with Gasteiger partial charge in [0, 0.05) is 6.04 Å². The van der Waals surface area contributed by atoms with Crippen molar-refractivity contribution in [3.63, 3.8) is 0 Å². The van der Waals surface area contributed by atoms with Crippen molar-refractivity contribution in [2.75, 3.05) is 6.54 Å². The van der Waals surface area contributed by atoms with Crippen molar-refractivity contribution in [2.24, 2.45) is 0 Å². The highest BCUT2D eigenvalue weighted by Crippen LogP contribution is 2.41. The Labute approximate surface area is 107 Å². The molecule has 2 fully saturated rings. The molecule has 2 aromatic rings. The molecule has 94 valence electrons. The number of hydrogen-bond acceptors (Lipinski definition) is 2. The van der Waals surface area contributed by atoms with Crippen molar-refractivity contribution in [1.82, 2.24) is 14.9 Å². The molecule has 1 aliphatic carbocycles. The van der Waals surface area contributed by atoms with Gasteiger partial charge in [0.25, 0.3) is 0 Å². The van der Waals surface area contributed by atoms with Crippen LogP contribution in [0.15, 0.2) is 18.2 Å². The molecule has 2 aliphatic rings. The maximum absolute atomic E-state index is 4.92. The maximum atomic E-state index is 4.92. The monoisotopic (exact) mass is 241 g/mol. The highest BCUT2D eigenvalue weighted by atomic mass is 15.2. The molecule has 1 aromatic carbocycles. The van der Waals surface area contributed by atoms with E-state index in [1.165, 1.54) is 48.1 Å². The second-order valence-electron chi connectivity index (χ2n) is 5.71. The molecule has 0 spiro atoms. The van der Waals surface area contributed by atoms with Crippen molar-refractivity contribution in [3.8, 4) is 0 Å². The number of aromatic nitrogens is 2. The summed E-state index contributed by atoms with van der Waals surface area (Å²) in [5.41, 5.74) is 3.80. The Morgan fingerprint density at radius 1 is 1.28 bits per heavy atom. The normalized spacial score (nSPS) is 23.9. The first-order valence-electron chi connectivity index (χ1n) is 7.05. The van der Waals surface area contributed by atoms with E-state index in [0.29, 0.717) is 12.1 Å². The van der Waals surface area contributed by atoms with Gasteiger partial charge in [-0.3, -0.25) is 0 Å². The second kappa shape index (κ2) is 3.82. The lowest BCUT2D eigenvalue weighted by atomic mass is 10.2. The molecule has 2 heterocycles. The molecule has 0 radical (unpaired) electrons. The Balaban J connectivity index is 1.91. The predicted molar refractivity (Wildman–Crippen MR) is 72.7 cm³/mol. The molecule has 3 heteroatoms. The Morgan fingerprint density at radius 3 is 2.89 bits per heavy atom. The summed E-state index contributed by atoms with van der Waals surface area (Å²) in [5.74, 6) is 1.27. The van der Waals surface area contributed by atoms with Gasteiger partial charge in [0.05, 0.1) is 17.1 Å². The average molecular weight is 241 g/mol. The molecule has 1 aromatic heterocycles. The molecule has 1 atom stereocenters. The number of aryl methyl sites for hydroxylation is 1. The minimum absolute atomic E-state index is 0.471. The fourth-order valence-corrected chi connectivity index (χ4v) is 3.09. The third-order valence-electron chi connectivity index (χ3n) is 4.16. The lowest BCUT2D eigenvalue weighted by molar-refractivity contribution is 0.560. The van der Waals surface area contributed by atoms with Crippen LogP contribution in [0.2, 0.25) is 0 Å². The van der Waals surface area contributed by atoms with Gasteiger partial charge in [-0.15, -0.1) is 0 Å². The third-order valence-corrected chi connectivity index (χ3v) is 4.16. The van der Waals surface area contributed by atoms with E-state index in [4.69, 9.17) is 4.98 Å². The molecule has 18 heavy (non-hydrogen) atoms. The van der Waals surface area contributed by atoms with Crippen molar-refractivity contribution in [2.45, 2.75) is 44.7 Å². The van der Waals surface area contributed by atoms with Crippen LogP contribution in [0, 0.1) is 6.92 Å². The second-order valence-corrected chi connectivity index (χ2v) is 5.71. The molecule has 0 bridgehead atoms. The fraction of sp³-hybridized carbons (Fsp3) is 0.533. The van der Waals surface area contributed by atoms with Crippen LogP contribution in [0.1, 0.15) is 49.2 Å². The lowest BCUT2D eigenvalue weighted by Crippen LogP contribution is -2.17. The standard InChI is InChI=1S/C15H19N3/c1-10-4-7-14-13(9-10)17-15(12-3-2-8-16-12)18(14)11-5-6-11/h4,7,9,11-12,16H,2-3,5-6,8H2,1H3. The van der Waals surface area contributed by atoms with Crippen molar-refractivity contribution in [3.05, 3.63) is 29.6 Å². The van der Waals surface area contributed by atoms with Gasteiger partial charge < -0.3 is 9.88 Å². The molecule has 1 aliphatic heterocycles. The van der Waals surface area contributed by atoms with Crippen LogP contribution in [-0.2, 0) is 0 Å². The van der Waals surface area contributed by atoms with E-state index in [2.05, 4.69) is 35.0 Å². The van der Waals surface area contributed by atoms with Crippen LogP contribution in [0.25, 0.3) is 11.0 Å². The Bertz CT molecular complexity index is 589. The van der Waals surface area contributed by atoms with E-state index < -0.39 is 0 Å². The predicted octanol–water partition coefficient (Wildman–Crippen LogP) is 3.10. The third kappa shape index (κ3) is 1.57. The number of fused-ring (bicyclic) bond motifs is 1. The quantitative estimate of drug-likeness (QED) is 0.875. The van der Waals surface area contributed by atoms with Gasteiger partial charge in [-0.1, -0.05) is 6.07 Å². The van der Waals surface area contributed by atoms with Crippen molar-refractivity contribution < 1.29 is 0 Å². The van der Waals surface area contributed by atoms with Crippen LogP contribution in [0.4, 0.5) is 0 Å². The smallest absolute Gasteiger partial charge is 0.127 e. The molecule has 1 saturated heterocycles. The summed E-state index contributed by atoms with van der Waals surface area (Å²) >= 11 is 0. The first-order valence-corrected chi connectivity index (χ1v) is 7.05. The molecule has 0 amide bonds. The molecule has 4 rings (SSSR count). The van der Waals surface area contributed by atoms with Gasteiger partial charge >= 0.3 is 0 Å². The number of hydrogen-bond donors (Lipinski definition) is 1. The molecule has 1 unspecified atom stereocenters. The van der Waals surface area contributed by atoms with E-state index in [0.717, 1.165) is 6.54 Å². The molecular formula is C15H19N3. The fourth-order valence-electron chi connectivity index (χ4n) is 3.09. The number of nitrogens with one attached hydrogen (secondary N) is 1. The first-order chi connectivity index (χ1) is 8.83. The zero-order valence-corrected chi connectivity index (χ0v) is 10.8. The Kier molecular flexibility index (Phi) is 2.24. The molecular weight excluding hydrogens is 222 g/mol. The number of benzene rings is 1. The number of imidazole rings is 1. The van der Waals surface area contributed by atoms with E-state index in [1.807, 2.05) is 0 Å². The Morgan fingerprint density at radius 2 is 2.17 bits per heavy atom. The molecule has 1 N–H and O–H groups in total. The number of nitrogens with zero attached hydrogens (tertiary/aromatic N) is 2. The van der Waals surface area contributed by atoms with Gasteiger partial charge in [0.15, 0.2) is 0 Å². The van der Waals surface area contributed by atoms with E-state index in [1.54, 1.807) is 0 Å². The zero-order chi connectivity index (χ0) is 12.1. The topological polar surface area (TPSA) is 29.9 Å². The van der Waals surface area contributed by atoms with Gasteiger partial charge in [0.2, 0.25) is 0 Å². The van der Waals surface area contributed by atoms with Gasteiger partial charge in [-0.2, -0.15) is 0 Å². The Hall–Kier alpha value is -1.35.